The van der Waals surface area contributed by atoms with Crippen LogP contribution < -0.4 is 5.32 Å². The number of benzene rings is 1. The van der Waals surface area contributed by atoms with Crippen molar-refractivity contribution in [2.45, 2.75) is 25.7 Å². The minimum Gasteiger partial charge on any atom is -0.322 e. The van der Waals surface area contributed by atoms with Crippen molar-refractivity contribution in [2.75, 3.05) is 5.32 Å². The van der Waals surface area contributed by atoms with Gasteiger partial charge in [0.15, 0.2) is 0 Å². The molecule has 0 aliphatic rings. The van der Waals surface area contributed by atoms with E-state index in [-0.39, 0.29) is 33.2 Å². The molecule has 4 nitrogen and oxygen atoms in total. The van der Waals surface area contributed by atoms with E-state index >= 15 is 0 Å². The zero-order valence-electron chi connectivity index (χ0n) is 15.9. The van der Waals surface area contributed by atoms with Crippen LogP contribution in [0.2, 0.25) is 5.15 Å². The predicted octanol–water partition coefficient (Wildman–Crippen LogP) is 6.27. The maximum absolute atomic E-state index is 14.1. The average Bonchev–Trinajstić information content (AvgIpc) is 2.66. The van der Waals surface area contributed by atoms with Gasteiger partial charge < -0.3 is 5.32 Å². The molecule has 3 rings (SSSR count). The molecule has 0 bridgehead atoms. The number of hydrogen-bond donors (Lipinski definition) is 1. The molecule has 0 fully saturated rings. The monoisotopic (exact) mass is 437 g/mol. The normalized spacial score (nSPS) is 12.0. The highest BCUT2D eigenvalue weighted by Crippen LogP contribution is 2.39. The van der Waals surface area contributed by atoms with Gasteiger partial charge in [-0.15, -0.1) is 0 Å². The Morgan fingerprint density at radius 1 is 0.967 bits per heavy atom. The molecule has 1 N–H and O–H groups in total. The summed E-state index contributed by atoms with van der Waals surface area (Å²) < 4.78 is 54.5. The van der Waals surface area contributed by atoms with Crippen LogP contribution in [0, 0.1) is 0 Å². The van der Waals surface area contributed by atoms with E-state index in [0.717, 1.165) is 12.1 Å². The molecule has 2 aromatic heterocycles. The van der Waals surface area contributed by atoms with Crippen molar-refractivity contribution in [1.82, 2.24) is 9.97 Å². The quantitative estimate of drug-likeness (QED) is 0.386. The number of pyridine rings is 2. The summed E-state index contributed by atoms with van der Waals surface area (Å²) in [7, 11) is 0. The standard InChI is InChI=1S/C21H16ClF4N3O/c1-20(2,23)17-9-13(6-7-27-17)19(30)29-14-3-4-16(21(24,25)26)15(11-14)12-5-8-28-18(22)10-12/h3-11H,1-2H3,(H,29,30). The van der Waals surface area contributed by atoms with Crippen LogP contribution in [0.4, 0.5) is 23.2 Å². The molecule has 0 radical (unpaired) electrons. The number of alkyl halides is 4. The van der Waals surface area contributed by atoms with Crippen molar-refractivity contribution >= 4 is 23.2 Å². The van der Waals surface area contributed by atoms with E-state index in [1.54, 1.807) is 0 Å². The Bertz CT molecular complexity index is 1090. The third kappa shape index (κ3) is 4.94. The summed E-state index contributed by atoms with van der Waals surface area (Å²) in [4.78, 5) is 20.2. The van der Waals surface area contributed by atoms with Crippen LogP contribution in [0.5, 0.6) is 0 Å². The summed E-state index contributed by atoms with van der Waals surface area (Å²) in [6.07, 6.45) is -2.02. The van der Waals surface area contributed by atoms with Crippen LogP contribution >= 0.6 is 11.6 Å². The molecule has 0 atom stereocenters. The summed E-state index contributed by atoms with van der Waals surface area (Å²) >= 11 is 5.82. The first-order chi connectivity index (χ1) is 13.9. The minimum absolute atomic E-state index is 0.0354. The fourth-order valence-electron chi connectivity index (χ4n) is 2.78. The van der Waals surface area contributed by atoms with Gasteiger partial charge in [-0.1, -0.05) is 11.6 Å². The number of nitrogens with zero attached hydrogens (tertiary/aromatic N) is 2. The largest absolute Gasteiger partial charge is 0.417 e. The zero-order chi connectivity index (χ0) is 22.1. The molecule has 156 valence electrons. The fraction of sp³-hybridized carbons (Fsp3) is 0.190. The number of halogens is 5. The molecule has 3 aromatic rings. The fourth-order valence-corrected chi connectivity index (χ4v) is 2.95. The highest BCUT2D eigenvalue weighted by atomic mass is 35.5. The second kappa shape index (κ2) is 8.02. The lowest BCUT2D eigenvalue weighted by Gasteiger charge is -2.16. The molecule has 2 heterocycles. The molecule has 0 aliphatic heterocycles. The van der Waals surface area contributed by atoms with Crippen molar-refractivity contribution in [1.29, 1.82) is 0 Å². The molecule has 9 heteroatoms. The van der Waals surface area contributed by atoms with Gasteiger partial charge in [-0.2, -0.15) is 13.2 Å². The number of rotatable bonds is 4. The van der Waals surface area contributed by atoms with Crippen LogP contribution in [0.25, 0.3) is 11.1 Å². The molecular weight excluding hydrogens is 422 g/mol. The van der Waals surface area contributed by atoms with Gasteiger partial charge in [0.05, 0.1) is 11.3 Å². The minimum atomic E-state index is -4.61. The number of carbonyl (C=O) groups is 1. The molecule has 30 heavy (non-hydrogen) atoms. The molecule has 0 spiro atoms. The van der Waals surface area contributed by atoms with E-state index in [9.17, 15) is 22.4 Å². The second-order valence-electron chi connectivity index (χ2n) is 6.98. The smallest absolute Gasteiger partial charge is 0.322 e. The summed E-state index contributed by atoms with van der Waals surface area (Å²) in [5, 5.41) is 2.57. The van der Waals surface area contributed by atoms with Crippen LogP contribution in [-0.2, 0) is 11.8 Å². The number of amides is 1. The Kier molecular flexibility index (Phi) is 5.81. The maximum Gasteiger partial charge on any atom is 0.417 e. The second-order valence-corrected chi connectivity index (χ2v) is 7.37. The van der Waals surface area contributed by atoms with Crippen molar-refractivity contribution in [3.8, 4) is 11.1 Å². The molecule has 1 aromatic carbocycles. The first-order valence-electron chi connectivity index (χ1n) is 8.75. The van der Waals surface area contributed by atoms with Gasteiger partial charge in [-0.05, 0) is 67.4 Å². The van der Waals surface area contributed by atoms with E-state index in [1.165, 1.54) is 56.6 Å². The Morgan fingerprint density at radius 3 is 2.30 bits per heavy atom. The van der Waals surface area contributed by atoms with E-state index in [0.29, 0.717) is 0 Å². The number of anilines is 1. The van der Waals surface area contributed by atoms with Crippen LogP contribution in [0.15, 0.2) is 54.9 Å². The number of nitrogens with one attached hydrogen (secondary N) is 1. The number of hydrogen-bond acceptors (Lipinski definition) is 3. The van der Waals surface area contributed by atoms with Gasteiger partial charge >= 0.3 is 6.18 Å². The number of aromatic nitrogens is 2. The summed E-state index contributed by atoms with van der Waals surface area (Å²) in [5.41, 5.74) is -2.28. The molecule has 1 amide bonds. The lowest BCUT2D eigenvalue weighted by atomic mass is 9.99. The summed E-state index contributed by atoms with van der Waals surface area (Å²) in [5.74, 6) is -0.610. The first-order valence-corrected chi connectivity index (χ1v) is 9.13. The Labute approximate surface area is 174 Å². The first kappa shape index (κ1) is 21.7. The highest BCUT2D eigenvalue weighted by Gasteiger charge is 2.34. The van der Waals surface area contributed by atoms with Gasteiger partial charge in [0, 0.05) is 23.6 Å². The van der Waals surface area contributed by atoms with E-state index < -0.39 is 23.3 Å². The van der Waals surface area contributed by atoms with E-state index in [4.69, 9.17) is 11.6 Å². The topological polar surface area (TPSA) is 54.9 Å². The van der Waals surface area contributed by atoms with Crippen molar-refractivity contribution in [2.24, 2.45) is 0 Å². The third-order valence-electron chi connectivity index (χ3n) is 4.25. The molecule has 0 unspecified atom stereocenters. The third-order valence-corrected chi connectivity index (χ3v) is 4.46. The zero-order valence-corrected chi connectivity index (χ0v) is 16.6. The SMILES string of the molecule is CC(C)(F)c1cc(C(=O)Nc2ccc(C(F)(F)F)c(-c3ccnc(Cl)c3)c2)ccn1. The molecular formula is C21H16ClF4N3O. The van der Waals surface area contributed by atoms with Crippen molar-refractivity contribution in [3.63, 3.8) is 0 Å². The predicted molar refractivity (Wildman–Crippen MR) is 106 cm³/mol. The Morgan fingerprint density at radius 2 is 1.67 bits per heavy atom. The average molecular weight is 438 g/mol. The van der Waals surface area contributed by atoms with E-state index in [1.807, 2.05) is 0 Å². The van der Waals surface area contributed by atoms with Crippen LogP contribution in [0.3, 0.4) is 0 Å². The molecule has 0 saturated heterocycles. The van der Waals surface area contributed by atoms with Gasteiger partial charge in [-0.25, -0.2) is 9.37 Å². The highest BCUT2D eigenvalue weighted by molar-refractivity contribution is 6.29. The van der Waals surface area contributed by atoms with Gasteiger partial charge in [0.1, 0.15) is 10.8 Å². The summed E-state index contributed by atoms with van der Waals surface area (Å²) in [6.45, 7) is 2.61. The molecule has 0 aliphatic carbocycles. The van der Waals surface area contributed by atoms with Gasteiger partial charge in [-0.3, -0.25) is 9.78 Å². The number of carbonyl (C=O) groups excluding carboxylic acids is 1. The Hall–Kier alpha value is -3.00. The summed E-state index contributed by atoms with van der Waals surface area (Å²) in [6, 6.07) is 8.60. The van der Waals surface area contributed by atoms with Crippen LogP contribution in [-0.4, -0.2) is 15.9 Å². The molecule has 0 saturated carbocycles. The van der Waals surface area contributed by atoms with Crippen molar-refractivity contribution in [3.05, 3.63) is 76.8 Å². The lowest BCUT2D eigenvalue weighted by Crippen LogP contribution is -2.16. The van der Waals surface area contributed by atoms with Crippen LogP contribution in [0.1, 0.15) is 35.5 Å². The maximum atomic E-state index is 14.1. The lowest BCUT2D eigenvalue weighted by molar-refractivity contribution is -0.137. The van der Waals surface area contributed by atoms with E-state index in [2.05, 4.69) is 15.3 Å². The van der Waals surface area contributed by atoms with Gasteiger partial charge in [0.25, 0.3) is 5.91 Å². The van der Waals surface area contributed by atoms with Crippen molar-refractivity contribution < 1.29 is 22.4 Å². The Balaban J connectivity index is 1.98. The van der Waals surface area contributed by atoms with Gasteiger partial charge in [0.2, 0.25) is 0 Å².